The average Bonchev–Trinajstić information content (AvgIpc) is 3.55. The number of hydrogen-bond acceptors (Lipinski definition) is 9. The number of anilines is 1. The van der Waals surface area contributed by atoms with Gasteiger partial charge in [-0.05, 0) is 56.6 Å². The fourth-order valence-electron chi connectivity index (χ4n) is 7.39. The van der Waals surface area contributed by atoms with Gasteiger partial charge in [-0.15, -0.1) is 0 Å². The van der Waals surface area contributed by atoms with Crippen LogP contribution in [-0.4, -0.2) is 82.0 Å². The van der Waals surface area contributed by atoms with Crippen molar-refractivity contribution < 1.29 is 37.3 Å². The fourth-order valence-corrected chi connectivity index (χ4v) is 7.39. The highest BCUT2D eigenvalue weighted by Gasteiger charge is 2.50. The number of ether oxygens (including phenoxy) is 2. The Labute approximate surface area is 266 Å². The number of nitrogens with one attached hydrogen (secondary N) is 1. The van der Waals surface area contributed by atoms with Gasteiger partial charge in [0.25, 0.3) is 12.3 Å². The summed E-state index contributed by atoms with van der Waals surface area (Å²) in [6, 6.07) is 3.95. The van der Waals surface area contributed by atoms with Gasteiger partial charge in [0.05, 0.1) is 42.2 Å². The maximum absolute atomic E-state index is 13.6. The quantitative estimate of drug-likeness (QED) is 0.161. The van der Waals surface area contributed by atoms with Crippen LogP contribution in [0.2, 0.25) is 0 Å². The lowest BCUT2D eigenvalue weighted by Gasteiger charge is -2.42. The highest BCUT2D eigenvalue weighted by molar-refractivity contribution is 6.02. The second-order valence-electron chi connectivity index (χ2n) is 13.0. The number of halogens is 2. The van der Waals surface area contributed by atoms with Gasteiger partial charge in [-0.1, -0.05) is 6.07 Å². The molecule has 1 aromatic heterocycles. The molecule has 46 heavy (non-hydrogen) atoms. The molecule has 3 N–H and O–H groups in total. The third-order valence-corrected chi connectivity index (χ3v) is 9.95. The van der Waals surface area contributed by atoms with Crippen molar-refractivity contribution in [1.29, 1.82) is 0 Å². The summed E-state index contributed by atoms with van der Waals surface area (Å²) in [5.41, 5.74) is 6.22. The zero-order valence-electron chi connectivity index (χ0n) is 25.9. The van der Waals surface area contributed by atoms with Gasteiger partial charge in [0.15, 0.2) is 11.7 Å². The molecule has 2 atom stereocenters. The molecule has 2 unspecified atom stereocenters. The smallest absolute Gasteiger partial charge is 0.347 e. The average molecular weight is 645 g/mol. The first-order valence-electron chi connectivity index (χ1n) is 16.3. The molecule has 2 saturated heterocycles. The zero-order valence-corrected chi connectivity index (χ0v) is 25.9. The van der Waals surface area contributed by atoms with E-state index in [-0.39, 0.29) is 48.5 Å². The molecule has 1 aromatic carbocycles. The molecular weight excluding hydrogens is 602 g/mol. The Balaban J connectivity index is 0.886. The Morgan fingerprint density at radius 1 is 1.07 bits per heavy atom. The fraction of sp³-hybridized carbons (Fsp3) is 0.625. The molecular formula is C32H42F2N6O6. The molecule has 3 aliphatic heterocycles. The molecule has 1 saturated carbocycles. The Kier molecular flexibility index (Phi) is 9.69. The van der Waals surface area contributed by atoms with Crippen molar-refractivity contribution in [1.82, 2.24) is 20.0 Å². The molecule has 1 aliphatic carbocycles. The lowest BCUT2D eigenvalue weighted by atomic mass is 9.85. The van der Waals surface area contributed by atoms with Gasteiger partial charge in [-0.3, -0.25) is 24.2 Å². The molecule has 4 aliphatic rings. The Hall–Kier alpha value is -3.46. The van der Waals surface area contributed by atoms with Crippen molar-refractivity contribution >= 4 is 23.4 Å². The second kappa shape index (κ2) is 13.7. The van der Waals surface area contributed by atoms with E-state index in [1.54, 1.807) is 29.1 Å². The molecule has 12 nitrogen and oxygen atoms in total. The molecule has 0 spiro atoms. The van der Waals surface area contributed by atoms with Crippen LogP contribution < -0.4 is 15.8 Å². The third-order valence-electron chi connectivity index (χ3n) is 9.95. The van der Waals surface area contributed by atoms with E-state index in [1.165, 1.54) is 0 Å². The van der Waals surface area contributed by atoms with Gasteiger partial charge in [0.1, 0.15) is 12.3 Å². The van der Waals surface area contributed by atoms with Gasteiger partial charge in [0, 0.05) is 45.1 Å². The number of alkyl halides is 2. The van der Waals surface area contributed by atoms with Crippen molar-refractivity contribution in [3.63, 3.8) is 0 Å². The summed E-state index contributed by atoms with van der Waals surface area (Å²) in [6.45, 7) is 3.67. The number of quaternary nitrogens is 1. The summed E-state index contributed by atoms with van der Waals surface area (Å²) >= 11 is 0. The minimum Gasteiger partial charge on any atom is -0.624 e. The first kappa shape index (κ1) is 32.5. The van der Waals surface area contributed by atoms with Gasteiger partial charge in [0.2, 0.25) is 5.91 Å². The van der Waals surface area contributed by atoms with Gasteiger partial charge >= 0.3 is 5.91 Å². The van der Waals surface area contributed by atoms with Crippen molar-refractivity contribution in [2.24, 2.45) is 5.92 Å². The van der Waals surface area contributed by atoms with Crippen molar-refractivity contribution in [3.8, 4) is 5.75 Å². The maximum Gasteiger partial charge on any atom is 0.347 e. The van der Waals surface area contributed by atoms with Gasteiger partial charge in [-0.25, -0.2) is 13.6 Å². The number of fused-ring (bicyclic) bond motifs is 1. The zero-order chi connectivity index (χ0) is 32.4. The number of carbonyl (C=O) groups is 3. The number of nitrogens with two attached hydrogens (primary N) is 1. The number of amides is 3. The number of imide groups is 1. The third kappa shape index (κ3) is 6.80. The Bertz CT molecular complexity index is 1440. The number of rotatable bonds is 11. The van der Waals surface area contributed by atoms with Gasteiger partial charge < -0.3 is 25.3 Å². The molecule has 3 amide bonds. The van der Waals surface area contributed by atoms with Crippen LogP contribution in [0.4, 0.5) is 14.5 Å². The van der Waals surface area contributed by atoms with Crippen LogP contribution in [0.15, 0.2) is 24.4 Å². The van der Waals surface area contributed by atoms with Crippen LogP contribution in [0.1, 0.15) is 91.9 Å². The van der Waals surface area contributed by atoms with E-state index in [4.69, 9.17) is 15.2 Å². The number of piperidine rings is 2. The summed E-state index contributed by atoms with van der Waals surface area (Å²) in [4.78, 5) is 39.5. The van der Waals surface area contributed by atoms with E-state index in [1.807, 2.05) is 0 Å². The normalized spacial score (nSPS) is 27.7. The molecule has 14 heteroatoms. The van der Waals surface area contributed by atoms with E-state index in [2.05, 4.69) is 15.3 Å². The van der Waals surface area contributed by atoms with E-state index in [9.17, 15) is 28.4 Å². The molecule has 250 valence electrons. The van der Waals surface area contributed by atoms with Crippen LogP contribution in [0, 0.1) is 11.1 Å². The van der Waals surface area contributed by atoms with Crippen molar-refractivity contribution in [3.05, 3.63) is 46.4 Å². The number of aromatic nitrogens is 2. The molecule has 0 radical (unpaired) electrons. The summed E-state index contributed by atoms with van der Waals surface area (Å²) in [6.07, 6.45) is 5.60. The first-order valence-corrected chi connectivity index (χ1v) is 16.3. The summed E-state index contributed by atoms with van der Waals surface area (Å²) in [5, 5.41) is 19.8. The largest absolute Gasteiger partial charge is 0.624 e. The topological polar surface area (TPSA) is 152 Å². The van der Waals surface area contributed by atoms with Crippen molar-refractivity contribution in [2.45, 2.75) is 88.9 Å². The maximum atomic E-state index is 13.6. The van der Waals surface area contributed by atoms with Gasteiger partial charge in [-0.2, -0.15) is 5.10 Å². The molecule has 4 heterocycles. The molecule has 2 aromatic rings. The highest BCUT2D eigenvalue weighted by Crippen LogP contribution is 2.39. The Morgan fingerprint density at radius 3 is 2.52 bits per heavy atom. The number of hydrogen-bond donors (Lipinski definition) is 2. The lowest BCUT2D eigenvalue weighted by Crippen LogP contribution is -2.60. The molecule has 3 fully saturated rings. The first-order chi connectivity index (χ1) is 22.1. The highest BCUT2D eigenvalue weighted by atomic mass is 19.3. The second-order valence-corrected chi connectivity index (χ2v) is 13.0. The van der Waals surface area contributed by atoms with Crippen LogP contribution >= 0.6 is 0 Å². The van der Waals surface area contributed by atoms with Crippen LogP contribution in [0.5, 0.6) is 5.75 Å². The summed E-state index contributed by atoms with van der Waals surface area (Å²) in [7, 11) is 0. The predicted molar refractivity (Wildman–Crippen MR) is 162 cm³/mol. The number of nitrogens with zero attached hydrogens (tertiary/aromatic N) is 4. The van der Waals surface area contributed by atoms with E-state index in [0.717, 1.165) is 58.2 Å². The lowest BCUT2D eigenvalue weighted by molar-refractivity contribution is -0.825. The number of hydroxylamine groups is 3. The molecule has 0 bridgehead atoms. The number of nitrogen functional groups attached to an aromatic ring is 1. The van der Waals surface area contributed by atoms with Crippen LogP contribution in [0.25, 0.3) is 0 Å². The van der Waals surface area contributed by atoms with E-state index < -0.39 is 34.8 Å². The standard InChI is InChI=1S/C32H42F2N6O6/c33-30(34)29-25(35)18-39(37-29)21-7-5-20(6-8-21)17-38-13-11-22(12-14-38)45-15-2-16-46-27-4-1-3-23-24(27)19-40(44,32(23)43)26-9-10-28(41)36-31(26)42/h1,3-4,18,20-22,26,30H,2,5-17,19,35H2,(H,36,41,42). The minimum atomic E-state index is -2.66. The summed E-state index contributed by atoms with van der Waals surface area (Å²) in [5.74, 6) is -0.770. The van der Waals surface area contributed by atoms with Crippen molar-refractivity contribution in [2.75, 3.05) is 38.6 Å². The number of carbonyl (C=O) groups excluding carboxylic acids is 3. The SMILES string of the molecule is Nc1cn(C2CCC(CN3CCC(OCCCOc4cccc5c4C[N+]([O-])(C4CCC(=O)NC4=O)C5=O)CC3)CC2)nc1C(F)F. The molecule has 6 rings (SSSR count). The van der Waals surface area contributed by atoms with Crippen LogP contribution in [0.3, 0.4) is 0 Å². The monoisotopic (exact) mass is 644 g/mol. The minimum absolute atomic E-state index is 0.0327. The van der Waals surface area contributed by atoms with Crippen LogP contribution in [-0.2, 0) is 20.9 Å². The summed E-state index contributed by atoms with van der Waals surface area (Å²) < 4.78 is 38.5. The van der Waals surface area contributed by atoms with E-state index >= 15 is 0 Å². The van der Waals surface area contributed by atoms with E-state index in [0.29, 0.717) is 36.9 Å². The Morgan fingerprint density at radius 2 is 1.83 bits per heavy atom. The number of likely N-dealkylation sites (tertiary alicyclic amines) is 1. The predicted octanol–water partition coefficient (Wildman–Crippen LogP) is 3.86. The number of benzene rings is 1.